The van der Waals surface area contributed by atoms with Crippen LogP contribution in [0.25, 0.3) is 0 Å². The quantitative estimate of drug-likeness (QED) is 0.617. The summed E-state index contributed by atoms with van der Waals surface area (Å²) < 4.78 is 40.6. The number of benzene rings is 1. The van der Waals surface area contributed by atoms with E-state index in [9.17, 15) is 12.8 Å². The van der Waals surface area contributed by atoms with E-state index in [0.717, 1.165) is 6.07 Å². The molecule has 2 rings (SSSR count). The zero-order valence-electron chi connectivity index (χ0n) is 10.5. The van der Waals surface area contributed by atoms with Gasteiger partial charge in [0, 0.05) is 6.20 Å². The minimum absolute atomic E-state index is 0.00658. The van der Waals surface area contributed by atoms with Gasteiger partial charge in [0.2, 0.25) is 10.0 Å². The maximum absolute atomic E-state index is 14.0. The van der Waals surface area contributed by atoms with Crippen LogP contribution < -0.4 is 10.5 Å². The SMILES string of the molecule is Nc1c(F)c(S(=O)(=O)NCc2ccccn2)cc(Cl)c1Br. The van der Waals surface area contributed by atoms with Crippen molar-refractivity contribution in [3.05, 3.63) is 51.5 Å². The number of rotatable bonds is 4. The molecule has 0 atom stereocenters. The third-order valence-corrected chi connectivity index (χ3v) is 5.40. The molecule has 1 aromatic heterocycles. The molecule has 0 aliphatic heterocycles. The third-order valence-electron chi connectivity index (χ3n) is 2.62. The first-order chi connectivity index (χ1) is 9.83. The van der Waals surface area contributed by atoms with Gasteiger partial charge in [-0.2, -0.15) is 0 Å². The fourth-order valence-electron chi connectivity index (χ4n) is 1.54. The Bertz CT molecular complexity index is 772. The summed E-state index contributed by atoms with van der Waals surface area (Å²) in [6.45, 7) is -0.0732. The number of pyridine rings is 1. The largest absolute Gasteiger partial charge is 0.395 e. The van der Waals surface area contributed by atoms with Crippen molar-refractivity contribution in [3.8, 4) is 0 Å². The molecule has 0 aliphatic carbocycles. The van der Waals surface area contributed by atoms with E-state index in [-0.39, 0.29) is 21.7 Å². The summed E-state index contributed by atoms with van der Waals surface area (Å²) in [6.07, 6.45) is 1.53. The fourth-order valence-corrected chi connectivity index (χ4v) is 3.22. The molecule has 5 nitrogen and oxygen atoms in total. The van der Waals surface area contributed by atoms with E-state index in [1.807, 2.05) is 0 Å². The molecule has 0 bridgehead atoms. The number of hydrogen-bond acceptors (Lipinski definition) is 4. The van der Waals surface area contributed by atoms with Crippen LogP contribution in [0, 0.1) is 5.82 Å². The van der Waals surface area contributed by atoms with Crippen LogP contribution in [0.2, 0.25) is 5.02 Å². The molecule has 1 heterocycles. The normalized spacial score (nSPS) is 11.6. The summed E-state index contributed by atoms with van der Waals surface area (Å²) in [7, 11) is -4.10. The second kappa shape index (κ2) is 6.27. The molecular formula is C12H10BrClFN3O2S. The van der Waals surface area contributed by atoms with E-state index in [1.165, 1.54) is 6.20 Å². The first-order valence-electron chi connectivity index (χ1n) is 5.65. The number of anilines is 1. The Balaban J connectivity index is 2.32. The molecule has 0 unspecified atom stereocenters. The molecule has 3 N–H and O–H groups in total. The summed E-state index contributed by atoms with van der Waals surface area (Å²) in [5, 5.41) is 0.00658. The van der Waals surface area contributed by atoms with Crippen molar-refractivity contribution in [1.82, 2.24) is 9.71 Å². The molecule has 0 amide bonds. The highest BCUT2D eigenvalue weighted by molar-refractivity contribution is 9.10. The first kappa shape index (κ1) is 16.2. The monoisotopic (exact) mass is 393 g/mol. The Morgan fingerprint density at radius 3 is 2.76 bits per heavy atom. The van der Waals surface area contributed by atoms with Crippen LogP contribution >= 0.6 is 27.5 Å². The van der Waals surface area contributed by atoms with Gasteiger partial charge in [-0.3, -0.25) is 4.98 Å². The Morgan fingerprint density at radius 1 is 1.43 bits per heavy atom. The van der Waals surface area contributed by atoms with Crippen LogP contribution in [0.4, 0.5) is 10.1 Å². The molecule has 0 aliphatic rings. The number of nitrogens with one attached hydrogen (secondary N) is 1. The minimum Gasteiger partial charge on any atom is -0.395 e. The summed E-state index contributed by atoms with van der Waals surface area (Å²) in [5.74, 6) is -1.06. The minimum atomic E-state index is -4.10. The second-order valence-corrected chi connectivity index (χ2v) is 6.98. The molecule has 0 radical (unpaired) electrons. The molecule has 9 heteroatoms. The predicted molar refractivity (Wildman–Crippen MR) is 81.8 cm³/mol. The molecule has 0 saturated carbocycles. The van der Waals surface area contributed by atoms with Crippen molar-refractivity contribution < 1.29 is 12.8 Å². The average Bonchev–Trinajstić information content (AvgIpc) is 2.48. The molecule has 21 heavy (non-hydrogen) atoms. The van der Waals surface area contributed by atoms with E-state index in [2.05, 4.69) is 25.6 Å². The van der Waals surface area contributed by atoms with Crippen molar-refractivity contribution >= 4 is 43.2 Å². The van der Waals surface area contributed by atoms with E-state index in [4.69, 9.17) is 17.3 Å². The highest BCUT2D eigenvalue weighted by atomic mass is 79.9. The van der Waals surface area contributed by atoms with Crippen LogP contribution in [-0.2, 0) is 16.6 Å². The van der Waals surface area contributed by atoms with Gasteiger partial charge in [-0.05, 0) is 34.1 Å². The summed E-state index contributed by atoms with van der Waals surface area (Å²) in [6, 6.07) is 6.05. The lowest BCUT2D eigenvalue weighted by Crippen LogP contribution is -2.25. The van der Waals surface area contributed by atoms with Gasteiger partial charge >= 0.3 is 0 Å². The molecule has 2 aromatic rings. The van der Waals surface area contributed by atoms with Crippen LogP contribution in [0.3, 0.4) is 0 Å². The number of sulfonamides is 1. The molecule has 0 saturated heterocycles. The van der Waals surface area contributed by atoms with Crippen LogP contribution in [0.15, 0.2) is 39.8 Å². The van der Waals surface area contributed by atoms with Crippen LogP contribution in [0.5, 0.6) is 0 Å². The molecule has 1 aromatic carbocycles. The van der Waals surface area contributed by atoms with Gasteiger partial charge in [0.15, 0.2) is 5.82 Å². The van der Waals surface area contributed by atoms with E-state index in [1.54, 1.807) is 18.2 Å². The maximum Gasteiger partial charge on any atom is 0.243 e. The molecule has 0 fully saturated rings. The summed E-state index contributed by atoms with van der Waals surface area (Å²) in [4.78, 5) is 3.36. The van der Waals surface area contributed by atoms with Gasteiger partial charge in [-0.25, -0.2) is 17.5 Å². The van der Waals surface area contributed by atoms with Crippen molar-refractivity contribution in [2.24, 2.45) is 0 Å². The van der Waals surface area contributed by atoms with E-state index < -0.39 is 20.7 Å². The fraction of sp³-hybridized carbons (Fsp3) is 0.0833. The van der Waals surface area contributed by atoms with Gasteiger partial charge in [-0.15, -0.1) is 0 Å². The average molecular weight is 395 g/mol. The van der Waals surface area contributed by atoms with Crippen LogP contribution in [0.1, 0.15) is 5.69 Å². The Morgan fingerprint density at radius 2 is 2.14 bits per heavy atom. The Hall–Kier alpha value is -1.22. The number of aromatic nitrogens is 1. The smallest absolute Gasteiger partial charge is 0.243 e. The predicted octanol–water partition coefficient (Wildman–Crippen LogP) is 2.70. The summed E-state index contributed by atoms with van der Waals surface area (Å²) in [5.41, 5.74) is 5.61. The standard InChI is InChI=1S/C12H10BrClFN3O2S/c13-10-8(14)5-9(11(15)12(10)16)21(19,20)18-6-7-3-1-2-4-17-7/h1-5,18H,6,16H2. The number of nitrogens with two attached hydrogens (primary N) is 1. The van der Waals surface area contributed by atoms with Gasteiger partial charge in [0.05, 0.1) is 27.4 Å². The number of nitrogens with zero attached hydrogens (tertiary/aromatic N) is 1. The number of hydrogen-bond donors (Lipinski definition) is 2. The third kappa shape index (κ3) is 3.52. The molecule has 112 valence electrons. The lowest BCUT2D eigenvalue weighted by atomic mass is 10.3. The van der Waals surface area contributed by atoms with Gasteiger partial charge < -0.3 is 5.73 Å². The molecular weight excluding hydrogens is 385 g/mol. The van der Waals surface area contributed by atoms with Crippen molar-refractivity contribution in [2.75, 3.05) is 5.73 Å². The molecule has 0 spiro atoms. The maximum atomic E-state index is 14.0. The zero-order valence-corrected chi connectivity index (χ0v) is 13.6. The van der Waals surface area contributed by atoms with Gasteiger partial charge in [0.25, 0.3) is 0 Å². The second-order valence-electron chi connectivity index (χ2n) is 4.04. The van der Waals surface area contributed by atoms with E-state index >= 15 is 0 Å². The Labute approximate surface area is 134 Å². The van der Waals surface area contributed by atoms with Crippen LogP contribution in [-0.4, -0.2) is 13.4 Å². The van der Waals surface area contributed by atoms with Gasteiger partial charge in [-0.1, -0.05) is 17.7 Å². The summed E-state index contributed by atoms with van der Waals surface area (Å²) >= 11 is 8.80. The topological polar surface area (TPSA) is 85.1 Å². The van der Waals surface area contributed by atoms with Crippen molar-refractivity contribution in [2.45, 2.75) is 11.4 Å². The van der Waals surface area contributed by atoms with Crippen molar-refractivity contribution in [3.63, 3.8) is 0 Å². The van der Waals surface area contributed by atoms with Crippen molar-refractivity contribution in [1.29, 1.82) is 0 Å². The highest BCUT2D eigenvalue weighted by Crippen LogP contribution is 2.34. The zero-order chi connectivity index (χ0) is 15.6. The first-order valence-corrected chi connectivity index (χ1v) is 8.31. The Kier molecular flexibility index (Phi) is 4.82. The lowest BCUT2D eigenvalue weighted by Gasteiger charge is -2.11. The number of nitrogen functional groups attached to an aromatic ring is 1. The van der Waals surface area contributed by atoms with E-state index in [0.29, 0.717) is 5.69 Å². The van der Waals surface area contributed by atoms with Gasteiger partial charge in [0.1, 0.15) is 4.90 Å². The lowest BCUT2D eigenvalue weighted by molar-refractivity contribution is 0.557. The number of halogens is 3. The highest BCUT2D eigenvalue weighted by Gasteiger charge is 2.24.